The summed E-state index contributed by atoms with van der Waals surface area (Å²) in [6, 6.07) is 0. The average Bonchev–Trinajstić information content (AvgIpc) is 2.63. The molecule has 26 heavy (non-hydrogen) atoms. The summed E-state index contributed by atoms with van der Waals surface area (Å²) in [4.78, 5) is 13.9. The number of nitrogens with zero attached hydrogens (tertiary/aromatic N) is 1. The van der Waals surface area contributed by atoms with Crippen LogP contribution in [0, 0.1) is 0 Å². The van der Waals surface area contributed by atoms with E-state index in [1.54, 1.807) is 0 Å². The van der Waals surface area contributed by atoms with E-state index < -0.39 is 0 Å². The molecule has 0 aromatic carbocycles. The molecular weight excluding hydrogens is 320 g/mol. The fraction of sp³-hybridized carbons (Fsp3) is 0.957. The van der Waals surface area contributed by atoms with Gasteiger partial charge in [0.15, 0.2) is 0 Å². The molecule has 156 valence electrons. The Kier molecular flexibility index (Phi) is 20.3. The van der Waals surface area contributed by atoms with Crippen molar-refractivity contribution in [2.75, 3.05) is 20.3 Å². The Labute approximate surface area is 164 Å². The van der Waals surface area contributed by atoms with E-state index in [-0.39, 0.29) is 5.91 Å². The number of carbonyl (C=O) groups excluding carboxylic acids is 1. The molecule has 0 aromatic rings. The number of carbonyl (C=O) groups is 1. The van der Waals surface area contributed by atoms with Gasteiger partial charge in [-0.2, -0.15) is 0 Å². The quantitative estimate of drug-likeness (QED) is 0.192. The summed E-state index contributed by atoms with van der Waals surface area (Å²) >= 11 is 0. The SMILES string of the molecule is CCCCCCCCCCCCCCCCCC(=O)NCN(C)CCC. The van der Waals surface area contributed by atoms with Crippen molar-refractivity contribution in [2.45, 2.75) is 123 Å². The molecule has 0 radical (unpaired) electrons. The van der Waals surface area contributed by atoms with Crippen molar-refractivity contribution in [1.82, 2.24) is 10.2 Å². The Morgan fingerprint density at radius 2 is 1.08 bits per heavy atom. The number of nitrogens with one attached hydrogen (secondary N) is 1. The monoisotopic (exact) mass is 368 g/mol. The summed E-state index contributed by atoms with van der Waals surface area (Å²) in [5, 5.41) is 3.00. The Morgan fingerprint density at radius 1 is 0.654 bits per heavy atom. The molecule has 0 saturated heterocycles. The van der Waals surface area contributed by atoms with E-state index in [1.807, 2.05) is 0 Å². The van der Waals surface area contributed by atoms with Gasteiger partial charge in [-0.25, -0.2) is 0 Å². The molecule has 1 amide bonds. The van der Waals surface area contributed by atoms with E-state index in [1.165, 1.54) is 89.9 Å². The van der Waals surface area contributed by atoms with Crippen molar-refractivity contribution in [2.24, 2.45) is 0 Å². The van der Waals surface area contributed by atoms with Gasteiger partial charge in [0.25, 0.3) is 0 Å². The molecule has 0 aromatic heterocycles. The summed E-state index contributed by atoms with van der Waals surface area (Å²) in [5.41, 5.74) is 0. The second-order valence-corrected chi connectivity index (χ2v) is 8.04. The van der Waals surface area contributed by atoms with E-state index in [9.17, 15) is 4.79 Å². The highest BCUT2D eigenvalue weighted by Gasteiger charge is 2.02. The Hall–Kier alpha value is -0.570. The highest BCUT2D eigenvalue weighted by Crippen LogP contribution is 2.13. The largest absolute Gasteiger partial charge is 0.343 e. The van der Waals surface area contributed by atoms with Gasteiger partial charge in [-0.1, -0.05) is 104 Å². The van der Waals surface area contributed by atoms with Crippen molar-refractivity contribution in [3.05, 3.63) is 0 Å². The van der Waals surface area contributed by atoms with Crippen molar-refractivity contribution in [3.63, 3.8) is 0 Å². The number of hydrogen-bond donors (Lipinski definition) is 1. The third kappa shape index (κ3) is 19.8. The first-order valence-electron chi connectivity index (χ1n) is 11.7. The molecule has 0 saturated carbocycles. The van der Waals surface area contributed by atoms with E-state index in [0.29, 0.717) is 13.1 Å². The van der Waals surface area contributed by atoms with Gasteiger partial charge >= 0.3 is 0 Å². The molecule has 0 aliphatic heterocycles. The second-order valence-electron chi connectivity index (χ2n) is 8.04. The van der Waals surface area contributed by atoms with Crippen LogP contribution in [0.4, 0.5) is 0 Å². The van der Waals surface area contributed by atoms with Crippen LogP contribution >= 0.6 is 0 Å². The van der Waals surface area contributed by atoms with Crippen LogP contribution in [0.5, 0.6) is 0 Å². The topological polar surface area (TPSA) is 32.3 Å². The van der Waals surface area contributed by atoms with Gasteiger partial charge in [0.1, 0.15) is 0 Å². The number of hydrogen-bond acceptors (Lipinski definition) is 2. The van der Waals surface area contributed by atoms with Gasteiger partial charge in [0.05, 0.1) is 6.67 Å². The van der Waals surface area contributed by atoms with Crippen LogP contribution in [0.1, 0.15) is 123 Å². The number of rotatable bonds is 20. The molecule has 1 N–H and O–H groups in total. The maximum absolute atomic E-state index is 11.7. The first kappa shape index (κ1) is 25.4. The maximum Gasteiger partial charge on any atom is 0.220 e. The minimum Gasteiger partial charge on any atom is -0.343 e. The molecule has 0 fully saturated rings. The molecule has 0 spiro atoms. The Bertz CT molecular complexity index is 294. The average molecular weight is 369 g/mol. The first-order valence-corrected chi connectivity index (χ1v) is 11.7. The van der Waals surface area contributed by atoms with Crippen LogP contribution in [0.25, 0.3) is 0 Å². The highest BCUT2D eigenvalue weighted by molar-refractivity contribution is 5.75. The summed E-state index contributed by atoms with van der Waals surface area (Å²) in [7, 11) is 2.05. The third-order valence-electron chi connectivity index (χ3n) is 5.16. The van der Waals surface area contributed by atoms with Gasteiger partial charge in [0.2, 0.25) is 5.91 Å². The lowest BCUT2D eigenvalue weighted by molar-refractivity contribution is -0.121. The Morgan fingerprint density at radius 3 is 1.50 bits per heavy atom. The van der Waals surface area contributed by atoms with Gasteiger partial charge in [-0.3, -0.25) is 9.69 Å². The maximum atomic E-state index is 11.7. The third-order valence-corrected chi connectivity index (χ3v) is 5.16. The van der Waals surface area contributed by atoms with Gasteiger partial charge in [-0.05, 0) is 26.4 Å². The van der Waals surface area contributed by atoms with Crippen LogP contribution in [0.15, 0.2) is 0 Å². The van der Waals surface area contributed by atoms with Gasteiger partial charge < -0.3 is 5.32 Å². The standard InChI is InChI=1S/C23H48N2O/c1-4-6-7-8-9-10-11-12-13-14-15-16-17-18-19-20-23(26)24-22-25(3)21-5-2/h4-22H2,1-3H3,(H,24,26). The van der Waals surface area contributed by atoms with Crippen molar-refractivity contribution in [1.29, 1.82) is 0 Å². The van der Waals surface area contributed by atoms with Crippen LogP contribution in [0.2, 0.25) is 0 Å². The lowest BCUT2D eigenvalue weighted by atomic mass is 10.0. The van der Waals surface area contributed by atoms with Crippen molar-refractivity contribution in [3.8, 4) is 0 Å². The van der Waals surface area contributed by atoms with E-state index in [2.05, 4.69) is 31.1 Å². The summed E-state index contributed by atoms with van der Waals surface area (Å²) in [6.07, 6.45) is 22.3. The lowest BCUT2D eigenvalue weighted by Gasteiger charge is -2.16. The van der Waals surface area contributed by atoms with Crippen molar-refractivity contribution < 1.29 is 4.79 Å². The fourth-order valence-corrected chi connectivity index (χ4v) is 3.43. The molecule has 3 nitrogen and oxygen atoms in total. The second kappa shape index (κ2) is 20.7. The lowest BCUT2D eigenvalue weighted by Crippen LogP contribution is -2.35. The van der Waals surface area contributed by atoms with E-state index >= 15 is 0 Å². The first-order chi connectivity index (χ1) is 12.7. The normalized spacial score (nSPS) is 11.2. The predicted octanol–water partition coefficient (Wildman–Crippen LogP) is 6.66. The van der Waals surface area contributed by atoms with Crippen molar-refractivity contribution >= 4 is 5.91 Å². The van der Waals surface area contributed by atoms with Gasteiger partial charge in [-0.15, -0.1) is 0 Å². The number of amides is 1. The minimum absolute atomic E-state index is 0.211. The Balaban J connectivity index is 3.16. The predicted molar refractivity (Wildman–Crippen MR) is 115 cm³/mol. The highest BCUT2D eigenvalue weighted by atomic mass is 16.1. The molecule has 3 heteroatoms. The van der Waals surface area contributed by atoms with Crippen LogP contribution in [0.3, 0.4) is 0 Å². The summed E-state index contributed by atoms with van der Waals surface area (Å²) < 4.78 is 0. The van der Waals surface area contributed by atoms with Crippen LogP contribution in [-0.4, -0.2) is 31.1 Å². The molecular formula is C23H48N2O. The molecule has 0 atom stereocenters. The smallest absolute Gasteiger partial charge is 0.220 e. The summed E-state index contributed by atoms with van der Waals surface area (Å²) in [6.45, 7) is 6.17. The molecule has 0 unspecified atom stereocenters. The van der Waals surface area contributed by atoms with Crippen LogP contribution in [-0.2, 0) is 4.79 Å². The van der Waals surface area contributed by atoms with Gasteiger partial charge in [0, 0.05) is 6.42 Å². The molecule has 0 bridgehead atoms. The minimum atomic E-state index is 0.211. The fourth-order valence-electron chi connectivity index (χ4n) is 3.43. The zero-order valence-corrected chi connectivity index (χ0v) is 18.3. The van der Waals surface area contributed by atoms with E-state index in [0.717, 1.165) is 19.4 Å². The number of unbranched alkanes of at least 4 members (excludes halogenated alkanes) is 14. The molecule has 0 aliphatic rings. The molecule has 0 aliphatic carbocycles. The molecule has 0 heterocycles. The zero-order chi connectivity index (χ0) is 19.3. The van der Waals surface area contributed by atoms with E-state index in [4.69, 9.17) is 0 Å². The molecule has 0 rings (SSSR count). The summed E-state index contributed by atoms with van der Waals surface area (Å²) in [5.74, 6) is 0.211. The zero-order valence-electron chi connectivity index (χ0n) is 18.3. The van der Waals surface area contributed by atoms with Crippen LogP contribution < -0.4 is 5.32 Å².